The Balaban J connectivity index is 1.88. The number of carbonyl (C=O) groups excluding carboxylic acids is 1. The highest BCUT2D eigenvalue weighted by molar-refractivity contribution is 6.05. The number of amides is 1. The van der Waals surface area contributed by atoms with Crippen LogP contribution in [0.25, 0.3) is 5.69 Å². The molecule has 0 spiro atoms. The molecule has 110 valence electrons. The fraction of sp³-hybridized carbons (Fsp3) is 0.0667. The van der Waals surface area contributed by atoms with Crippen molar-refractivity contribution in [3.8, 4) is 11.6 Å². The number of nitrogens with zero attached hydrogens (tertiary/aromatic N) is 4. The van der Waals surface area contributed by atoms with Crippen LogP contribution in [0.3, 0.4) is 0 Å². The Morgan fingerprint density at radius 2 is 2.00 bits per heavy atom. The Morgan fingerprint density at radius 1 is 1.18 bits per heavy atom. The Morgan fingerprint density at radius 3 is 2.77 bits per heavy atom. The van der Waals surface area contributed by atoms with Crippen LogP contribution < -0.4 is 10.1 Å². The first-order valence-corrected chi connectivity index (χ1v) is 6.55. The summed E-state index contributed by atoms with van der Waals surface area (Å²) in [5.41, 5.74) is 1.17. The lowest BCUT2D eigenvalue weighted by Gasteiger charge is -2.09. The molecule has 1 N–H and O–H groups in total. The summed E-state index contributed by atoms with van der Waals surface area (Å²) >= 11 is 0. The summed E-state index contributed by atoms with van der Waals surface area (Å²) in [4.78, 5) is 16.4. The molecule has 3 rings (SSSR count). The first-order chi connectivity index (χ1) is 10.8. The van der Waals surface area contributed by atoms with Crippen molar-refractivity contribution in [1.82, 2.24) is 19.7 Å². The zero-order valence-corrected chi connectivity index (χ0v) is 11.8. The number of hydrogen-bond acceptors (Lipinski definition) is 5. The molecule has 0 fully saturated rings. The Bertz CT molecular complexity index is 785. The van der Waals surface area contributed by atoms with Crippen LogP contribution in [0.4, 0.5) is 5.95 Å². The molecule has 0 bridgehead atoms. The second-order valence-electron chi connectivity index (χ2n) is 4.37. The highest BCUT2D eigenvalue weighted by atomic mass is 16.5. The maximum absolute atomic E-state index is 12.4. The van der Waals surface area contributed by atoms with Gasteiger partial charge in [0.25, 0.3) is 5.91 Å². The van der Waals surface area contributed by atoms with Gasteiger partial charge in [0.1, 0.15) is 11.9 Å². The lowest BCUT2D eigenvalue weighted by molar-refractivity contribution is 0.102. The molecule has 0 aliphatic heterocycles. The van der Waals surface area contributed by atoms with Crippen LogP contribution in [0.15, 0.2) is 55.0 Å². The standard InChI is InChI=1S/C15H13N5O2/c1-22-14-12(8-5-9-16-14)13(21)18-15-19-17-10-20(15)11-6-3-2-4-7-11/h2-10H,1H3,(H,18,19,21). The number of carbonyl (C=O) groups is 1. The molecule has 7 nitrogen and oxygen atoms in total. The van der Waals surface area contributed by atoms with E-state index in [1.807, 2.05) is 30.3 Å². The third kappa shape index (κ3) is 2.64. The lowest BCUT2D eigenvalue weighted by Crippen LogP contribution is -2.16. The van der Waals surface area contributed by atoms with Crippen LogP contribution in [0.5, 0.6) is 5.88 Å². The SMILES string of the molecule is COc1ncccc1C(=O)Nc1nncn1-c1ccccc1. The molecule has 7 heteroatoms. The van der Waals surface area contributed by atoms with Gasteiger partial charge in [-0.15, -0.1) is 10.2 Å². The molecule has 0 saturated carbocycles. The number of anilines is 1. The van der Waals surface area contributed by atoms with E-state index in [2.05, 4.69) is 20.5 Å². The van der Waals surface area contributed by atoms with Crippen molar-refractivity contribution in [2.45, 2.75) is 0 Å². The average Bonchev–Trinajstić information content (AvgIpc) is 3.03. The molecular formula is C15H13N5O2. The summed E-state index contributed by atoms with van der Waals surface area (Å²) < 4.78 is 6.77. The van der Waals surface area contributed by atoms with Crippen LogP contribution in [0, 0.1) is 0 Å². The molecule has 0 radical (unpaired) electrons. The highest BCUT2D eigenvalue weighted by Gasteiger charge is 2.16. The molecule has 1 amide bonds. The van der Waals surface area contributed by atoms with Crippen LogP contribution in [-0.2, 0) is 0 Å². The van der Waals surface area contributed by atoms with Crippen molar-refractivity contribution >= 4 is 11.9 Å². The third-order valence-electron chi connectivity index (χ3n) is 3.02. The number of para-hydroxylation sites is 1. The number of benzene rings is 1. The van der Waals surface area contributed by atoms with E-state index in [9.17, 15) is 4.79 Å². The summed E-state index contributed by atoms with van der Waals surface area (Å²) in [5.74, 6) is 0.211. The maximum Gasteiger partial charge on any atom is 0.263 e. The second-order valence-corrected chi connectivity index (χ2v) is 4.37. The van der Waals surface area contributed by atoms with Crippen molar-refractivity contribution in [2.24, 2.45) is 0 Å². The number of pyridine rings is 1. The molecule has 0 aliphatic carbocycles. The molecule has 0 aliphatic rings. The molecule has 0 saturated heterocycles. The van der Waals surface area contributed by atoms with Gasteiger partial charge in [0.05, 0.1) is 12.8 Å². The van der Waals surface area contributed by atoms with Gasteiger partial charge in [-0.1, -0.05) is 18.2 Å². The summed E-state index contributed by atoms with van der Waals surface area (Å²) in [5, 5.41) is 10.5. The highest BCUT2D eigenvalue weighted by Crippen LogP contribution is 2.17. The first kappa shape index (κ1) is 13.7. The normalized spacial score (nSPS) is 10.2. The fourth-order valence-corrected chi connectivity index (χ4v) is 1.99. The van der Waals surface area contributed by atoms with Gasteiger partial charge in [-0.3, -0.25) is 14.7 Å². The van der Waals surface area contributed by atoms with E-state index in [1.165, 1.54) is 13.4 Å². The van der Waals surface area contributed by atoms with Crippen molar-refractivity contribution in [2.75, 3.05) is 12.4 Å². The number of methoxy groups -OCH3 is 1. The lowest BCUT2D eigenvalue weighted by atomic mass is 10.2. The predicted octanol–water partition coefficient (Wildman–Crippen LogP) is 1.92. The topological polar surface area (TPSA) is 81.9 Å². The number of aromatic nitrogens is 4. The van der Waals surface area contributed by atoms with E-state index >= 15 is 0 Å². The number of hydrogen-bond donors (Lipinski definition) is 1. The van der Waals surface area contributed by atoms with Crippen molar-refractivity contribution in [3.63, 3.8) is 0 Å². The zero-order chi connectivity index (χ0) is 15.4. The minimum Gasteiger partial charge on any atom is -0.480 e. The van der Waals surface area contributed by atoms with E-state index in [4.69, 9.17) is 4.74 Å². The van der Waals surface area contributed by atoms with Gasteiger partial charge in [-0.2, -0.15) is 0 Å². The quantitative estimate of drug-likeness (QED) is 0.795. The van der Waals surface area contributed by atoms with Gasteiger partial charge >= 0.3 is 0 Å². The van der Waals surface area contributed by atoms with Gasteiger partial charge in [0.2, 0.25) is 11.8 Å². The molecule has 2 aromatic heterocycles. The van der Waals surface area contributed by atoms with Gasteiger partial charge in [-0.25, -0.2) is 4.98 Å². The molecule has 1 aromatic carbocycles. The average molecular weight is 295 g/mol. The van der Waals surface area contributed by atoms with Crippen molar-refractivity contribution in [3.05, 3.63) is 60.6 Å². The zero-order valence-electron chi connectivity index (χ0n) is 11.8. The summed E-state index contributed by atoms with van der Waals surface area (Å²) in [6.07, 6.45) is 3.09. The Kier molecular flexibility index (Phi) is 3.78. The van der Waals surface area contributed by atoms with Crippen LogP contribution >= 0.6 is 0 Å². The monoisotopic (exact) mass is 295 g/mol. The molecule has 22 heavy (non-hydrogen) atoms. The predicted molar refractivity (Wildman–Crippen MR) is 80.1 cm³/mol. The summed E-state index contributed by atoms with van der Waals surface area (Å²) in [6.45, 7) is 0. The smallest absolute Gasteiger partial charge is 0.263 e. The second kappa shape index (κ2) is 6.04. The van der Waals surface area contributed by atoms with Crippen LogP contribution in [0.1, 0.15) is 10.4 Å². The van der Waals surface area contributed by atoms with Crippen LogP contribution in [0.2, 0.25) is 0 Å². The van der Waals surface area contributed by atoms with E-state index in [-0.39, 0.29) is 11.8 Å². The van der Waals surface area contributed by atoms with Gasteiger partial charge in [0.15, 0.2) is 0 Å². The van der Waals surface area contributed by atoms with E-state index < -0.39 is 0 Å². The van der Waals surface area contributed by atoms with Gasteiger partial charge < -0.3 is 4.74 Å². The van der Waals surface area contributed by atoms with Crippen molar-refractivity contribution < 1.29 is 9.53 Å². The van der Waals surface area contributed by atoms with E-state index in [0.717, 1.165) is 5.69 Å². The Labute approximate surface area is 126 Å². The van der Waals surface area contributed by atoms with E-state index in [0.29, 0.717) is 11.5 Å². The number of nitrogens with one attached hydrogen (secondary N) is 1. The molecular weight excluding hydrogens is 282 g/mol. The maximum atomic E-state index is 12.4. The van der Waals surface area contributed by atoms with Gasteiger partial charge in [-0.05, 0) is 24.3 Å². The summed E-state index contributed by atoms with van der Waals surface area (Å²) in [7, 11) is 1.46. The van der Waals surface area contributed by atoms with Crippen LogP contribution in [-0.4, -0.2) is 32.8 Å². The number of ether oxygens (including phenoxy) is 1. The van der Waals surface area contributed by atoms with Crippen molar-refractivity contribution in [1.29, 1.82) is 0 Å². The van der Waals surface area contributed by atoms with Gasteiger partial charge in [0, 0.05) is 6.20 Å². The largest absolute Gasteiger partial charge is 0.480 e. The fourth-order valence-electron chi connectivity index (χ4n) is 1.99. The molecule has 0 atom stereocenters. The molecule has 3 aromatic rings. The molecule has 0 unspecified atom stereocenters. The minimum atomic E-state index is -0.366. The third-order valence-corrected chi connectivity index (χ3v) is 3.02. The Hall–Kier alpha value is -3.22. The first-order valence-electron chi connectivity index (χ1n) is 6.55. The van der Waals surface area contributed by atoms with E-state index in [1.54, 1.807) is 22.9 Å². The summed E-state index contributed by atoms with van der Waals surface area (Å²) in [6, 6.07) is 12.8. The minimum absolute atomic E-state index is 0.255. The molecule has 2 heterocycles. The number of rotatable bonds is 4.